The number of amides is 1. The fourth-order valence-electron chi connectivity index (χ4n) is 2.80. The van der Waals surface area contributed by atoms with E-state index in [1.54, 1.807) is 7.05 Å². The largest absolute Gasteiger partial charge is 0.383 e. The molecule has 1 atom stereocenters. The molecule has 1 aliphatic rings. The third-order valence-corrected chi connectivity index (χ3v) is 3.91. The van der Waals surface area contributed by atoms with Crippen LogP contribution in [0.2, 0.25) is 0 Å². The lowest BCUT2D eigenvalue weighted by Gasteiger charge is -2.21. The number of carbonyl (C=O) groups is 1. The van der Waals surface area contributed by atoms with Crippen LogP contribution in [0.3, 0.4) is 0 Å². The molecule has 2 rings (SSSR count). The topological polar surface area (TPSA) is 35.6 Å². The molecule has 21 heavy (non-hydrogen) atoms. The Balaban J connectivity index is 2.08. The van der Waals surface area contributed by atoms with Crippen LogP contribution in [-0.4, -0.2) is 56.5 Å². The second-order valence-electron chi connectivity index (χ2n) is 5.67. The first-order valence-electron chi connectivity index (χ1n) is 7.03. The van der Waals surface area contributed by atoms with Crippen LogP contribution in [0.25, 0.3) is 0 Å². The Morgan fingerprint density at radius 1 is 1.43 bits per heavy atom. The molecule has 0 aromatic heterocycles. The zero-order chi connectivity index (χ0) is 15.6. The summed E-state index contributed by atoms with van der Waals surface area (Å²) < 4.78 is 27.4. The lowest BCUT2D eigenvalue weighted by Crippen LogP contribution is -2.33. The van der Waals surface area contributed by atoms with Crippen LogP contribution in [-0.2, 0) is 0 Å². The highest BCUT2D eigenvalue weighted by atomic mass is 19.1. The number of anilines is 1. The zero-order valence-corrected chi connectivity index (χ0v) is 12.6. The van der Waals surface area contributed by atoms with Gasteiger partial charge in [0.05, 0.1) is 0 Å². The van der Waals surface area contributed by atoms with Gasteiger partial charge in [0.2, 0.25) is 0 Å². The molecule has 1 aromatic carbocycles. The summed E-state index contributed by atoms with van der Waals surface area (Å²) >= 11 is 0. The molecule has 0 bridgehead atoms. The van der Waals surface area contributed by atoms with Crippen LogP contribution < -0.4 is 5.32 Å². The van der Waals surface area contributed by atoms with Gasteiger partial charge in [-0.3, -0.25) is 4.79 Å². The second kappa shape index (κ2) is 6.39. The van der Waals surface area contributed by atoms with Gasteiger partial charge in [-0.2, -0.15) is 0 Å². The van der Waals surface area contributed by atoms with E-state index in [0.29, 0.717) is 12.5 Å². The number of rotatable bonds is 4. The standard InChI is InChI=1S/C15H21F2N3O/c1-18-14-12(16)6-11(7-13(14)17)15(21)20(3)9-10-4-5-19(2)8-10/h6-7,10,18H,4-5,8-9H2,1-3H3. The highest BCUT2D eigenvalue weighted by Crippen LogP contribution is 2.22. The predicted molar refractivity (Wildman–Crippen MR) is 78.5 cm³/mol. The van der Waals surface area contributed by atoms with Crippen molar-refractivity contribution in [3.05, 3.63) is 29.3 Å². The molecule has 1 amide bonds. The van der Waals surface area contributed by atoms with Crippen molar-refractivity contribution in [1.82, 2.24) is 9.80 Å². The minimum absolute atomic E-state index is 0.0397. The Kier molecular flexibility index (Phi) is 4.77. The number of hydrogen-bond donors (Lipinski definition) is 1. The van der Waals surface area contributed by atoms with E-state index in [0.717, 1.165) is 31.6 Å². The number of nitrogens with one attached hydrogen (secondary N) is 1. The van der Waals surface area contributed by atoms with Gasteiger partial charge in [-0.1, -0.05) is 0 Å². The molecule has 1 heterocycles. The molecule has 1 unspecified atom stereocenters. The van der Waals surface area contributed by atoms with E-state index in [2.05, 4.69) is 10.2 Å². The molecule has 1 aliphatic heterocycles. The average molecular weight is 297 g/mol. The third kappa shape index (κ3) is 3.50. The first-order chi connectivity index (χ1) is 9.92. The normalized spacial score (nSPS) is 18.8. The maximum atomic E-state index is 13.7. The minimum atomic E-state index is -0.755. The molecular formula is C15H21F2N3O. The molecule has 116 valence electrons. The van der Waals surface area contributed by atoms with Crippen molar-refractivity contribution in [3.8, 4) is 0 Å². The smallest absolute Gasteiger partial charge is 0.253 e. The number of likely N-dealkylation sites (tertiary alicyclic amines) is 1. The first kappa shape index (κ1) is 15.7. The van der Waals surface area contributed by atoms with Crippen molar-refractivity contribution in [2.24, 2.45) is 5.92 Å². The van der Waals surface area contributed by atoms with E-state index in [4.69, 9.17) is 0 Å². The summed E-state index contributed by atoms with van der Waals surface area (Å²) in [6.07, 6.45) is 1.04. The van der Waals surface area contributed by atoms with Crippen LogP contribution in [0.4, 0.5) is 14.5 Å². The summed E-state index contributed by atoms with van der Waals surface area (Å²) in [6.45, 7) is 2.56. The summed E-state index contributed by atoms with van der Waals surface area (Å²) in [5, 5.41) is 2.44. The molecule has 1 fully saturated rings. The quantitative estimate of drug-likeness (QED) is 0.923. The van der Waals surface area contributed by atoms with Crippen molar-refractivity contribution in [1.29, 1.82) is 0 Å². The van der Waals surface area contributed by atoms with E-state index in [1.165, 1.54) is 11.9 Å². The van der Waals surface area contributed by atoms with E-state index >= 15 is 0 Å². The Morgan fingerprint density at radius 3 is 2.52 bits per heavy atom. The Bertz CT molecular complexity index is 513. The number of hydrogen-bond acceptors (Lipinski definition) is 3. The Labute approximate surface area is 123 Å². The summed E-state index contributed by atoms with van der Waals surface area (Å²) in [6, 6.07) is 2.16. The number of nitrogens with zero attached hydrogens (tertiary/aromatic N) is 2. The SMILES string of the molecule is CNc1c(F)cc(C(=O)N(C)CC2CCN(C)C2)cc1F. The van der Waals surface area contributed by atoms with Gasteiger partial charge in [0.1, 0.15) is 17.3 Å². The van der Waals surface area contributed by atoms with Crippen LogP contribution in [0.5, 0.6) is 0 Å². The molecule has 6 heteroatoms. The molecule has 1 N–H and O–H groups in total. The van der Waals surface area contributed by atoms with Gasteiger partial charge in [0.25, 0.3) is 5.91 Å². The highest BCUT2D eigenvalue weighted by Gasteiger charge is 2.24. The molecule has 1 saturated heterocycles. The van der Waals surface area contributed by atoms with Gasteiger partial charge < -0.3 is 15.1 Å². The van der Waals surface area contributed by atoms with Crippen molar-refractivity contribution in [3.63, 3.8) is 0 Å². The average Bonchev–Trinajstić information content (AvgIpc) is 2.82. The molecule has 4 nitrogen and oxygen atoms in total. The van der Waals surface area contributed by atoms with Gasteiger partial charge >= 0.3 is 0 Å². The van der Waals surface area contributed by atoms with Gasteiger partial charge in [-0.25, -0.2) is 8.78 Å². The van der Waals surface area contributed by atoms with Crippen molar-refractivity contribution < 1.29 is 13.6 Å². The predicted octanol–water partition coefficient (Wildman–Crippen LogP) is 2.03. The zero-order valence-electron chi connectivity index (χ0n) is 12.6. The van der Waals surface area contributed by atoms with E-state index < -0.39 is 11.6 Å². The number of halogens is 2. The van der Waals surface area contributed by atoms with Crippen LogP contribution in [0.15, 0.2) is 12.1 Å². The molecule has 0 saturated carbocycles. The van der Waals surface area contributed by atoms with Crippen LogP contribution in [0, 0.1) is 17.6 Å². The molecule has 1 aromatic rings. The second-order valence-corrected chi connectivity index (χ2v) is 5.67. The number of benzene rings is 1. The summed E-state index contributed by atoms with van der Waals surface area (Å²) in [5.74, 6) is -1.45. The molecular weight excluding hydrogens is 276 g/mol. The van der Waals surface area contributed by atoms with Crippen LogP contribution >= 0.6 is 0 Å². The van der Waals surface area contributed by atoms with Crippen molar-refractivity contribution in [2.75, 3.05) is 46.1 Å². The van der Waals surface area contributed by atoms with Gasteiger partial charge in [0.15, 0.2) is 0 Å². The van der Waals surface area contributed by atoms with E-state index in [1.807, 2.05) is 7.05 Å². The van der Waals surface area contributed by atoms with Crippen LogP contribution in [0.1, 0.15) is 16.8 Å². The monoisotopic (exact) mass is 297 g/mol. The lowest BCUT2D eigenvalue weighted by molar-refractivity contribution is 0.0773. The molecule has 0 spiro atoms. The highest BCUT2D eigenvalue weighted by molar-refractivity contribution is 5.94. The maximum Gasteiger partial charge on any atom is 0.253 e. The summed E-state index contributed by atoms with van der Waals surface area (Å²) in [7, 11) is 5.15. The fourth-order valence-corrected chi connectivity index (χ4v) is 2.80. The van der Waals surface area contributed by atoms with Gasteiger partial charge in [-0.05, 0) is 38.1 Å². The summed E-state index contributed by atoms with van der Waals surface area (Å²) in [5.41, 5.74) is -0.176. The van der Waals surface area contributed by atoms with Crippen molar-refractivity contribution >= 4 is 11.6 Å². The first-order valence-corrected chi connectivity index (χ1v) is 7.03. The molecule has 0 radical (unpaired) electrons. The van der Waals surface area contributed by atoms with Gasteiger partial charge in [-0.15, -0.1) is 0 Å². The third-order valence-electron chi connectivity index (χ3n) is 3.91. The number of carbonyl (C=O) groups excluding carboxylic acids is 1. The van der Waals surface area contributed by atoms with E-state index in [9.17, 15) is 13.6 Å². The van der Waals surface area contributed by atoms with Gasteiger partial charge in [0, 0.05) is 32.7 Å². The Morgan fingerprint density at radius 2 is 2.05 bits per heavy atom. The fraction of sp³-hybridized carbons (Fsp3) is 0.533. The molecule has 0 aliphatic carbocycles. The Hall–Kier alpha value is -1.69. The lowest BCUT2D eigenvalue weighted by atomic mass is 10.1. The summed E-state index contributed by atoms with van der Waals surface area (Å²) in [4.78, 5) is 16.0. The maximum absolute atomic E-state index is 13.7. The van der Waals surface area contributed by atoms with Crippen molar-refractivity contribution in [2.45, 2.75) is 6.42 Å². The van der Waals surface area contributed by atoms with E-state index in [-0.39, 0.29) is 17.2 Å². The minimum Gasteiger partial charge on any atom is -0.383 e.